The number of carbonyl (C=O) groups is 1. The van der Waals surface area contributed by atoms with Crippen molar-refractivity contribution in [1.29, 1.82) is 0 Å². The first kappa shape index (κ1) is 15.2. The molecular weight excluding hydrogens is 274 g/mol. The molecule has 0 aromatic carbocycles. The summed E-state index contributed by atoms with van der Waals surface area (Å²) in [5.41, 5.74) is 1.34. The van der Waals surface area contributed by atoms with Crippen molar-refractivity contribution in [2.24, 2.45) is 0 Å². The molecule has 7 heteroatoms. The molecule has 1 atom stereocenters. The van der Waals surface area contributed by atoms with Crippen LogP contribution in [0.15, 0.2) is 34.1 Å². The molecule has 0 saturated carbocycles. The average Bonchev–Trinajstić information content (AvgIpc) is 3.09. The van der Waals surface area contributed by atoms with Crippen LogP contribution in [0.4, 0.5) is 0 Å². The third-order valence-corrected chi connectivity index (χ3v) is 2.81. The number of carbonyl (C=O) groups excluding carboxylic acids is 1. The first-order valence-electron chi connectivity index (χ1n) is 6.74. The smallest absolute Gasteiger partial charge is 0.252 e. The van der Waals surface area contributed by atoms with Crippen LogP contribution in [-0.2, 0) is 22.6 Å². The van der Waals surface area contributed by atoms with E-state index in [4.69, 9.17) is 13.6 Å². The van der Waals surface area contributed by atoms with Crippen molar-refractivity contribution in [2.75, 3.05) is 0 Å². The number of ether oxygens (including phenoxy) is 1. The molecule has 2 aromatic heterocycles. The SMILES string of the molecule is CC(C)O[C@H](C)C(=O)N(Cc1cocn1)Cc1cocn1. The van der Waals surface area contributed by atoms with E-state index in [-0.39, 0.29) is 12.0 Å². The van der Waals surface area contributed by atoms with Crippen LogP contribution >= 0.6 is 0 Å². The number of oxazole rings is 2. The molecule has 2 rings (SSSR count). The molecule has 0 aliphatic rings. The van der Waals surface area contributed by atoms with E-state index in [0.29, 0.717) is 24.5 Å². The third kappa shape index (κ3) is 4.42. The topological polar surface area (TPSA) is 81.6 Å². The maximum atomic E-state index is 12.5. The largest absolute Gasteiger partial charge is 0.451 e. The summed E-state index contributed by atoms with van der Waals surface area (Å²) >= 11 is 0. The highest BCUT2D eigenvalue weighted by atomic mass is 16.5. The Kier molecular flexibility index (Phi) is 5.10. The fourth-order valence-electron chi connectivity index (χ4n) is 1.96. The van der Waals surface area contributed by atoms with Crippen LogP contribution in [0.3, 0.4) is 0 Å². The molecule has 114 valence electrons. The molecule has 21 heavy (non-hydrogen) atoms. The molecule has 2 heterocycles. The Morgan fingerprint density at radius 3 is 2.05 bits per heavy atom. The minimum absolute atomic E-state index is 0.0232. The maximum absolute atomic E-state index is 12.5. The van der Waals surface area contributed by atoms with Crippen LogP contribution in [0.5, 0.6) is 0 Å². The number of nitrogens with zero attached hydrogens (tertiary/aromatic N) is 3. The molecule has 0 saturated heterocycles. The van der Waals surface area contributed by atoms with Gasteiger partial charge in [0.1, 0.15) is 18.6 Å². The Morgan fingerprint density at radius 2 is 1.67 bits per heavy atom. The Morgan fingerprint density at radius 1 is 1.14 bits per heavy atom. The Bertz CT molecular complexity index is 500. The second-order valence-corrected chi connectivity index (χ2v) is 4.98. The van der Waals surface area contributed by atoms with Crippen molar-refractivity contribution in [3.63, 3.8) is 0 Å². The highest BCUT2D eigenvalue weighted by Crippen LogP contribution is 2.11. The van der Waals surface area contributed by atoms with E-state index < -0.39 is 6.10 Å². The van der Waals surface area contributed by atoms with Gasteiger partial charge in [0.05, 0.1) is 30.6 Å². The number of hydrogen-bond acceptors (Lipinski definition) is 6. The highest BCUT2D eigenvalue weighted by Gasteiger charge is 2.23. The lowest BCUT2D eigenvalue weighted by molar-refractivity contribution is -0.146. The molecule has 0 spiro atoms. The van der Waals surface area contributed by atoms with Crippen molar-refractivity contribution in [3.8, 4) is 0 Å². The van der Waals surface area contributed by atoms with Crippen LogP contribution in [0.1, 0.15) is 32.2 Å². The molecule has 0 N–H and O–H groups in total. The van der Waals surface area contributed by atoms with E-state index >= 15 is 0 Å². The average molecular weight is 293 g/mol. The van der Waals surface area contributed by atoms with Crippen LogP contribution in [0, 0.1) is 0 Å². The van der Waals surface area contributed by atoms with Crippen LogP contribution in [0.25, 0.3) is 0 Å². The van der Waals surface area contributed by atoms with Crippen molar-refractivity contribution in [3.05, 3.63) is 36.7 Å². The van der Waals surface area contributed by atoms with Gasteiger partial charge in [-0.25, -0.2) is 9.97 Å². The van der Waals surface area contributed by atoms with Crippen LogP contribution in [0.2, 0.25) is 0 Å². The van der Waals surface area contributed by atoms with Gasteiger partial charge in [0.15, 0.2) is 12.8 Å². The summed E-state index contributed by atoms with van der Waals surface area (Å²) < 4.78 is 15.4. The number of rotatable bonds is 7. The summed E-state index contributed by atoms with van der Waals surface area (Å²) in [4.78, 5) is 22.2. The van der Waals surface area contributed by atoms with Gasteiger partial charge in [0.25, 0.3) is 5.91 Å². The standard InChI is InChI=1S/C14H19N3O4/c1-10(2)21-11(3)14(18)17(4-12-6-19-8-15-12)5-13-7-20-9-16-13/h6-11H,4-5H2,1-3H3/t11-/m1/s1. The quantitative estimate of drug-likeness (QED) is 0.776. The molecule has 0 aliphatic heterocycles. The van der Waals surface area contributed by atoms with Crippen LogP contribution < -0.4 is 0 Å². The lowest BCUT2D eigenvalue weighted by Crippen LogP contribution is -2.39. The van der Waals surface area contributed by atoms with Gasteiger partial charge in [-0.3, -0.25) is 4.79 Å². The molecule has 1 amide bonds. The van der Waals surface area contributed by atoms with E-state index in [1.165, 1.54) is 25.3 Å². The number of aromatic nitrogens is 2. The Hall–Kier alpha value is -2.15. The zero-order chi connectivity index (χ0) is 15.2. The fourth-order valence-corrected chi connectivity index (χ4v) is 1.96. The molecule has 0 bridgehead atoms. The van der Waals surface area contributed by atoms with E-state index in [1.807, 2.05) is 13.8 Å². The molecular formula is C14H19N3O4. The van der Waals surface area contributed by atoms with Crippen molar-refractivity contribution >= 4 is 5.91 Å². The van der Waals surface area contributed by atoms with Gasteiger partial charge in [0.2, 0.25) is 0 Å². The minimum Gasteiger partial charge on any atom is -0.451 e. The van der Waals surface area contributed by atoms with E-state index in [2.05, 4.69) is 9.97 Å². The van der Waals surface area contributed by atoms with Gasteiger partial charge in [-0.05, 0) is 20.8 Å². The van der Waals surface area contributed by atoms with E-state index in [1.54, 1.807) is 11.8 Å². The first-order valence-corrected chi connectivity index (χ1v) is 6.74. The third-order valence-electron chi connectivity index (χ3n) is 2.81. The second-order valence-electron chi connectivity index (χ2n) is 4.98. The number of amides is 1. The predicted molar refractivity (Wildman–Crippen MR) is 72.9 cm³/mol. The summed E-state index contributed by atoms with van der Waals surface area (Å²) in [5.74, 6) is -0.130. The highest BCUT2D eigenvalue weighted by molar-refractivity contribution is 5.80. The molecule has 0 fully saturated rings. The van der Waals surface area contributed by atoms with Gasteiger partial charge in [-0.15, -0.1) is 0 Å². The monoisotopic (exact) mass is 293 g/mol. The van der Waals surface area contributed by atoms with Gasteiger partial charge in [-0.2, -0.15) is 0 Å². The Balaban J connectivity index is 2.08. The van der Waals surface area contributed by atoms with Crippen molar-refractivity contribution in [1.82, 2.24) is 14.9 Å². The van der Waals surface area contributed by atoms with Crippen molar-refractivity contribution < 1.29 is 18.4 Å². The molecule has 0 radical (unpaired) electrons. The van der Waals surface area contributed by atoms with Gasteiger partial charge in [-0.1, -0.05) is 0 Å². The van der Waals surface area contributed by atoms with Gasteiger partial charge >= 0.3 is 0 Å². The zero-order valence-electron chi connectivity index (χ0n) is 12.4. The maximum Gasteiger partial charge on any atom is 0.252 e. The summed E-state index contributed by atoms with van der Waals surface area (Å²) in [6, 6.07) is 0. The second kappa shape index (κ2) is 7.03. The summed E-state index contributed by atoms with van der Waals surface area (Å²) in [6.45, 7) is 6.18. The van der Waals surface area contributed by atoms with Gasteiger partial charge < -0.3 is 18.5 Å². The Labute approximate surface area is 122 Å². The van der Waals surface area contributed by atoms with E-state index in [9.17, 15) is 4.79 Å². The summed E-state index contributed by atoms with van der Waals surface area (Å²) in [6.07, 6.45) is 5.13. The van der Waals surface area contributed by atoms with E-state index in [0.717, 1.165) is 0 Å². The molecule has 0 unspecified atom stereocenters. The first-order chi connectivity index (χ1) is 10.1. The fraction of sp³-hybridized carbons (Fsp3) is 0.500. The number of hydrogen-bond donors (Lipinski definition) is 0. The zero-order valence-corrected chi connectivity index (χ0v) is 12.4. The van der Waals surface area contributed by atoms with Crippen LogP contribution in [-0.4, -0.2) is 33.0 Å². The summed E-state index contributed by atoms with van der Waals surface area (Å²) in [7, 11) is 0. The predicted octanol–water partition coefficient (Wildman–Crippen LogP) is 2.00. The normalized spacial score (nSPS) is 12.6. The molecule has 2 aromatic rings. The lowest BCUT2D eigenvalue weighted by Gasteiger charge is -2.25. The molecule has 7 nitrogen and oxygen atoms in total. The summed E-state index contributed by atoms with van der Waals surface area (Å²) in [5, 5.41) is 0. The molecule has 0 aliphatic carbocycles. The van der Waals surface area contributed by atoms with Gasteiger partial charge in [0, 0.05) is 0 Å². The van der Waals surface area contributed by atoms with Crippen molar-refractivity contribution in [2.45, 2.75) is 46.1 Å². The lowest BCUT2D eigenvalue weighted by atomic mass is 10.2. The minimum atomic E-state index is -0.538.